The molecule has 0 aliphatic heterocycles. The van der Waals surface area contributed by atoms with Gasteiger partial charge in [0.25, 0.3) is 5.91 Å². The van der Waals surface area contributed by atoms with Crippen molar-refractivity contribution in [2.75, 3.05) is 23.7 Å². The third-order valence-corrected chi connectivity index (χ3v) is 4.30. The van der Waals surface area contributed by atoms with Crippen molar-refractivity contribution in [1.29, 1.82) is 0 Å². The zero-order valence-electron chi connectivity index (χ0n) is 15.6. The summed E-state index contributed by atoms with van der Waals surface area (Å²) in [4.78, 5) is 39.8. The SMILES string of the molecule is C=CCNc1nc(C(=O)O[C@H](C)C(=O)NCC(=O)Nc2ccc(F)c(F)c2F)cs1. The van der Waals surface area contributed by atoms with Gasteiger partial charge < -0.3 is 20.7 Å². The number of amides is 2. The Kier molecular flexibility index (Phi) is 7.92. The summed E-state index contributed by atoms with van der Waals surface area (Å²) in [5, 5.41) is 8.99. The lowest BCUT2D eigenvalue weighted by Crippen LogP contribution is -2.40. The number of nitrogens with one attached hydrogen (secondary N) is 3. The maximum atomic E-state index is 13.5. The molecule has 2 rings (SSSR count). The summed E-state index contributed by atoms with van der Waals surface area (Å²) in [6.45, 7) is 4.66. The molecule has 1 atom stereocenters. The number of thiazole rings is 1. The molecule has 0 saturated heterocycles. The van der Waals surface area contributed by atoms with Crippen LogP contribution in [0.25, 0.3) is 0 Å². The highest BCUT2D eigenvalue weighted by Crippen LogP contribution is 2.19. The molecule has 2 aromatic rings. The van der Waals surface area contributed by atoms with Crippen LogP contribution in [-0.4, -0.2) is 42.0 Å². The predicted octanol–water partition coefficient (Wildman–Crippen LogP) is 2.46. The fourth-order valence-electron chi connectivity index (χ4n) is 2.01. The molecule has 0 unspecified atom stereocenters. The molecule has 1 aromatic heterocycles. The molecule has 0 bridgehead atoms. The Morgan fingerprint density at radius 1 is 1.27 bits per heavy atom. The molecule has 2 amide bonds. The van der Waals surface area contributed by atoms with Gasteiger partial charge in [-0.2, -0.15) is 0 Å². The van der Waals surface area contributed by atoms with E-state index in [1.54, 1.807) is 6.08 Å². The zero-order valence-corrected chi connectivity index (χ0v) is 16.4. The fraction of sp³-hybridized carbons (Fsp3) is 0.222. The van der Waals surface area contributed by atoms with Crippen LogP contribution >= 0.6 is 11.3 Å². The number of ether oxygens (including phenoxy) is 1. The summed E-state index contributed by atoms with van der Waals surface area (Å²) < 4.78 is 44.6. The van der Waals surface area contributed by atoms with Gasteiger partial charge >= 0.3 is 5.97 Å². The highest BCUT2D eigenvalue weighted by molar-refractivity contribution is 7.13. The van der Waals surface area contributed by atoms with Gasteiger partial charge in [-0.1, -0.05) is 6.08 Å². The lowest BCUT2D eigenvalue weighted by Gasteiger charge is -2.13. The molecule has 1 aromatic carbocycles. The quantitative estimate of drug-likeness (QED) is 0.313. The first-order chi connectivity index (χ1) is 14.2. The Labute approximate surface area is 173 Å². The van der Waals surface area contributed by atoms with E-state index >= 15 is 0 Å². The number of hydrogen-bond donors (Lipinski definition) is 3. The van der Waals surface area contributed by atoms with E-state index in [0.29, 0.717) is 17.7 Å². The number of carbonyl (C=O) groups is 3. The van der Waals surface area contributed by atoms with Crippen molar-refractivity contribution in [2.24, 2.45) is 0 Å². The van der Waals surface area contributed by atoms with E-state index in [4.69, 9.17) is 4.74 Å². The Hall–Kier alpha value is -3.41. The summed E-state index contributed by atoms with van der Waals surface area (Å²) >= 11 is 1.17. The van der Waals surface area contributed by atoms with Crippen LogP contribution in [-0.2, 0) is 14.3 Å². The van der Waals surface area contributed by atoms with E-state index in [2.05, 4.69) is 22.2 Å². The van der Waals surface area contributed by atoms with Gasteiger partial charge in [0, 0.05) is 11.9 Å². The Bertz CT molecular complexity index is 967. The number of nitrogens with zero attached hydrogens (tertiary/aromatic N) is 1. The molecule has 0 fully saturated rings. The number of anilines is 2. The third kappa shape index (κ3) is 6.04. The first-order valence-electron chi connectivity index (χ1n) is 8.45. The molecule has 0 aliphatic carbocycles. The number of benzene rings is 1. The van der Waals surface area contributed by atoms with Crippen molar-refractivity contribution in [1.82, 2.24) is 10.3 Å². The molecule has 3 N–H and O–H groups in total. The van der Waals surface area contributed by atoms with E-state index in [1.807, 2.05) is 5.32 Å². The van der Waals surface area contributed by atoms with Crippen molar-refractivity contribution >= 4 is 39.9 Å². The van der Waals surface area contributed by atoms with E-state index in [0.717, 1.165) is 6.07 Å². The molecule has 160 valence electrons. The van der Waals surface area contributed by atoms with Crippen LogP contribution in [0.5, 0.6) is 0 Å². The summed E-state index contributed by atoms with van der Waals surface area (Å²) in [6, 6.07) is 1.48. The monoisotopic (exact) mass is 442 g/mol. The van der Waals surface area contributed by atoms with E-state index in [9.17, 15) is 27.6 Å². The van der Waals surface area contributed by atoms with Gasteiger partial charge in [-0.15, -0.1) is 17.9 Å². The van der Waals surface area contributed by atoms with Gasteiger partial charge in [0.2, 0.25) is 5.91 Å². The summed E-state index contributed by atoms with van der Waals surface area (Å²) in [6.07, 6.45) is 0.361. The molecule has 0 saturated carbocycles. The molecule has 0 spiro atoms. The number of aromatic nitrogens is 1. The van der Waals surface area contributed by atoms with Crippen LogP contribution < -0.4 is 16.0 Å². The van der Waals surface area contributed by atoms with Gasteiger partial charge in [-0.05, 0) is 19.1 Å². The average molecular weight is 442 g/mol. The van der Waals surface area contributed by atoms with Crippen LogP contribution in [0.4, 0.5) is 24.0 Å². The highest BCUT2D eigenvalue weighted by Gasteiger charge is 2.22. The number of carbonyl (C=O) groups excluding carboxylic acids is 3. The minimum Gasteiger partial charge on any atom is -0.448 e. The smallest absolute Gasteiger partial charge is 0.358 e. The fourth-order valence-corrected chi connectivity index (χ4v) is 2.70. The molecule has 0 aliphatic rings. The Morgan fingerprint density at radius 2 is 2.00 bits per heavy atom. The van der Waals surface area contributed by atoms with Crippen LogP contribution in [0, 0.1) is 17.5 Å². The van der Waals surface area contributed by atoms with Crippen molar-refractivity contribution in [3.05, 3.63) is 53.3 Å². The van der Waals surface area contributed by atoms with Crippen LogP contribution in [0.2, 0.25) is 0 Å². The minimum atomic E-state index is -1.73. The molecular weight excluding hydrogens is 425 g/mol. The minimum absolute atomic E-state index is 0.00207. The molecule has 12 heteroatoms. The highest BCUT2D eigenvalue weighted by atomic mass is 32.1. The first kappa shape index (κ1) is 22.9. The number of esters is 1. The molecule has 8 nitrogen and oxygen atoms in total. The summed E-state index contributed by atoms with van der Waals surface area (Å²) in [5.41, 5.74) is -0.588. The summed E-state index contributed by atoms with van der Waals surface area (Å²) in [7, 11) is 0. The van der Waals surface area contributed by atoms with Crippen LogP contribution in [0.3, 0.4) is 0 Å². The van der Waals surface area contributed by atoms with Crippen molar-refractivity contribution in [3.8, 4) is 0 Å². The first-order valence-corrected chi connectivity index (χ1v) is 9.33. The molecular formula is C18H17F3N4O4S. The van der Waals surface area contributed by atoms with Gasteiger partial charge in [0.1, 0.15) is 0 Å². The van der Waals surface area contributed by atoms with Gasteiger partial charge in [-0.25, -0.2) is 22.9 Å². The molecule has 0 radical (unpaired) electrons. The zero-order chi connectivity index (χ0) is 22.3. The van der Waals surface area contributed by atoms with Crippen LogP contribution in [0.15, 0.2) is 30.2 Å². The third-order valence-electron chi connectivity index (χ3n) is 3.50. The second-order valence-electron chi connectivity index (χ2n) is 5.74. The standard InChI is InChI=1S/C18H17F3N4O4S/c1-3-6-22-18-25-12(8-30-18)17(28)29-9(2)16(27)23-7-13(26)24-11-5-4-10(19)14(20)15(11)21/h3-5,8-9H,1,6-7H2,2H3,(H,22,25)(H,23,27)(H,24,26)/t9-/m1/s1. The number of hydrogen-bond acceptors (Lipinski definition) is 7. The van der Waals surface area contributed by atoms with E-state index in [1.165, 1.54) is 23.6 Å². The lowest BCUT2D eigenvalue weighted by molar-refractivity contribution is -0.130. The molecule has 30 heavy (non-hydrogen) atoms. The van der Waals surface area contributed by atoms with Gasteiger partial charge in [0.05, 0.1) is 12.2 Å². The van der Waals surface area contributed by atoms with Gasteiger partial charge in [0.15, 0.2) is 34.4 Å². The normalized spacial score (nSPS) is 11.3. The largest absolute Gasteiger partial charge is 0.448 e. The average Bonchev–Trinajstić information content (AvgIpc) is 3.20. The Balaban J connectivity index is 1.83. The van der Waals surface area contributed by atoms with Crippen molar-refractivity contribution in [2.45, 2.75) is 13.0 Å². The van der Waals surface area contributed by atoms with E-state index in [-0.39, 0.29) is 5.69 Å². The second-order valence-corrected chi connectivity index (χ2v) is 6.60. The second kappa shape index (κ2) is 10.4. The number of halogens is 3. The topological polar surface area (TPSA) is 109 Å². The molecule has 1 heterocycles. The Morgan fingerprint density at radius 3 is 2.70 bits per heavy atom. The van der Waals surface area contributed by atoms with Crippen molar-refractivity contribution in [3.63, 3.8) is 0 Å². The van der Waals surface area contributed by atoms with Crippen LogP contribution in [0.1, 0.15) is 17.4 Å². The maximum Gasteiger partial charge on any atom is 0.358 e. The summed E-state index contributed by atoms with van der Waals surface area (Å²) in [5.74, 6) is -7.25. The van der Waals surface area contributed by atoms with Gasteiger partial charge in [-0.3, -0.25) is 9.59 Å². The van der Waals surface area contributed by atoms with E-state index < -0.39 is 53.6 Å². The lowest BCUT2D eigenvalue weighted by atomic mass is 10.2. The predicted molar refractivity (Wildman–Crippen MR) is 104 cm³/mol. The maximum absolute atomic E-state index is 13.5. The van der Waals surface area contributed by atoms with Crippen molar-refractivity contribution < 1.29 is 32.3 Å². The number of rotatable bonds is 9.